The second-order valence-electron chi connectivity index (χ2n) is 6.61. The highest BCUT2D eigenvalue weighted by Gasteiger charge is 2.15. The molecule has 7 nitrogen and oxygen atoms in total. The lowest BCUT2D eigenvalue weighted by Crippen LogP contribution is -2.30. The zero-order chi connectivity index (χ0) is 20.3. The molecule has 28 heavy (non-hydrogen) atoms. The van der Waals surface area contributed by atoms with Gasteiger partial charge in [-0.15, -0.1) is 0 Å². The average Bonchev–Trinajstić information content (AvgIpc) is 2.64. The molecule has 0 aliphatic heterocycles. The minimum Gasteiger partial charge on any atom is -0.497 e. The van der Waals surface area contributed by atoms with Crippen LogP contribution >= 0.6 is 0 Å². The Bertz CT molecular complexity index is 1140. The number of nitrogens with one attached hydrogen (secondary N) is 2. The number of sulfonamides is 1. The summed E-state index contributed by atoms with van der Waals surface area (Å²) in [6, 6.07) is 13.0. The van der Waals surface area contributed by atoms with Crippen LogP contribution in [0.3, 0.4) is 0 Å². The third-order valence-corrected chi connectivity index (χ3v) is 5.75. The van der Waals surface area contributed by atoms with Crippen LogP contribution in [0.5, 0.6) is 5.75 Å². The maximum Gasteiger partial charge on any atom is 0.336 e. The molecule has 8 heteroatoms. The molecule has 0 radical (unpaired) electrons. The lowest BCUT2D eigenvalue weighted by atomic mass is 10.1. The first-order chi connectivity index (χ1) is 13.3. The molecule has 0 atom stereocenters. The molecule has 1 heterocycles. The molecule has 0 saturated heterocycles. The van der Waals surface area contributed by atoms with Gasteiger partial charge in [0.1, 0.15) is 11.3 Å². The highest BCUT2D eigenvalue weighted by Crippen LogP contribution is 2.23. The highest BCUT2D eigenvalue weighted by atomic mass is 32.2. The lowest BCUT2D eigenvalue weighted by molar-refractivity contribution is 0.414. The molecule has 148 valence electrons. The Morgan fingerprint density at radius 1 is 1.07 bits per heavy atom. The summed E-state index contributed by atoms with van der Waals surface area (Å²) in [5.41, 5.74) is 1.51. The van der Waals surface area contributed by atoms with Crippen LogP contribution < -0.4 is 20.4 Å². The number of anilines is 1. The molecule has 0 aliphatic rings. The van der Waals surface area contributed by atoms with Gasteiger partial charge in [-0.2, -0.15) is 0 Å². The van der Waals surface area contributed by atoms with Crippen LogP contribution in [0, 0.1) is 0 Å². The predicted molar refractivity (Wildman–Crippen MR) is 108 cm³/mol. The van der Waals surface area contributed by atoms with Crippen LogP contribution in [0.1, 0.15) is 19.4 Å². The Hall–Kier alpha value is -2.84. The fourth-order valence-corrected chi connectivity index (χ4v) is 4.06. The van der Waals surface area contributed by atoms with E-state index in [2.05, 4.69) is 10.0 Å². The fraction of sp³-hybridized carbons (Fsp3) is 0.250. The normalized spacial score (nSPS) is 11.7. The van der Waals surface area contributed by atoms with Gasteiger partial charge in [0, 0.05) is 35.8 Å². The second-order valence-corrected chi connectivity index (χ2v) is 8.32. The van der Waals surface area contributed by atoms with E-state index >= 15 is 0 Å². The zero-order valence-electron chi connectivity index (χ0n) is 15.9. The van der Waals surface area contributed by atoms with Gasteiger partial charge in [0.15, 0.2) is 0 Å². The molecule has 0 fully saturated rings. The van der Waals surface area contributed by atoms with Crippen molar-refractivity contribution >= 4 is 26.7 Å². The van der Waals surface area contributed by atoms with E-state index in [0.717, 1.165) is 16.6 Å². The van der Waals surface area contributed by atoms with Gasteiger partial charge >= 0.3 is 5.63 Å². The van der Waals surface area contributed by atoms with E-state index in [0.29, 0.717) is 17.9 Å². The number of benzene rings is 2. The SMILES string of the molecule is COc1ccc2c(CNc3ccc(S(=O)(=O)NC(C)C)cc3)cc(=O)oc2c1. The van der Waals surface area contributed by atoms with Crippen molar-refractivity contribution in [2.24, 2.45) is 0 Å². The molecule has 2 aromatic carbocycles. The molecule has 2 N–H and O–H groups in total. The number of rotatable bonds is 7. The van der Waals surface area contributed by atoms with Crippen LogP contribution in [0.4, 0.5) is 5.69 Å². The van der Waals surface area contributed by atoms with E-state index in [1.165, 1.54) is 18.2 Å². The van der Waals surface area contributed by atoms with Crippen LogP contribution in [-0.4, -0.2) is 21.6 Å². The minimum atomic E-state index is -3.53. The molecule has 3 rings (SSSR count). The maximum atomic E-state index is 12.2. The summed E-state index contributed by atoms with van der Waals surface area (Å²) in [5, 5.41) is 4.00. The summed E-state index contributed by atoms with van der Waals surface area (Å²) in [5.74, 6) is 0.604. The van der Waals surface area contributed by atoms with Gasteiger partial charge in [0.2, 0.25) is 10.0 Å². The van der Waals surface area contributed by atoms with Gasteiger partial charge in [0.25, 0.3) is 0 Å². The van der Waals surface area contributed by atoms with Crippen molar-refractivity contribution in [1.29, 1.82) is 0 Å². The first-order valence-corrected chi connectivity index (χ1v) is 10.2. The highest BCUT2D eigenvalue weighted by molar-refractivity contribution is 7.89. The van der Waals surface area contributed by atoms with Gasteiger partial charge in [0.05, 0.1) is 12.0 Å². The zero-order valence-corrected chi connectivity index (χ0v) is 16.7. The van der Waals surface area contributed by atoms with Gasteiger partial charge in [-0.1, -0.05) is 0 Å². The van der Waals surface area contributed by atoms with Crippen LogP contribution in [0.15, 0.2) is 62.6 Å². The average molecular weight is 402 g/mol. The molecule has 0 aliphatic carbocycles. The molecule has 0 unspecified atom stereocenters. The third kappa shape index (κ3) is 4.52. The monoisotopic (exact) mass is 402 g/mol. The summed E-state index contributed by atoms with van der Waals surface area (Å²) in [6.45, 7) is 3.92. The molecule has 0 bridgehead atoms. The summed E-state index contributed by atoms with van der Waals surface area (Å²) in [7, 11) is -1.98. The van der Waals surface area contributed by atoms with E-state index in [1.807, 2.05) is 6.07 Å². The van der Waals surface area contributed by atoms with E-state index in [9.17, 15) is 13.2 Å². The molecular formula is C20H22N2O5S. The minimum absolute atomic E-state index is 0.181. The van der Waals surface area contributed by atoms with Gasteiger partial charge < -0.3 is 14.5 Å². The molecule has 0 saturated carbocycles. The molecule has 0 spiro atoms. The summed E-state index contributed by atoms with van der Waals surface area (Å²) in [4.78, 5) is 12.0. The molecular weight excluding hydrogens is 380 g/mol. The van der Waals surface area contributed by atoms with Gasteiger partial charge in [-0.05, 0) is 55.8 Å². The largest absolute Gasteiger partial charge is 0.497 e. The summed E-state index contributed by atoms with van der Waals surface area (Å²) < 4.78 is 37.3. The molecule has 3 aromatic rings. The maximum absolute atomic E-state index is 12.2. The summed E-state index contributed by atoms with van der Waals surface area (Å²) >= 11 is 0. The van der Waals surface area contributed by atoms with E-state index in [4.69, 9.17) is 9.15 Å². The van der Waals surface area contributed by atoms with Crippen molar-refractivity contribution < 1.29 is 17.6 Å². The van der Waals surface area contributed by atoms with Crippen molar-refractivity contribution in [2.75, 3.05) is 12.4 Å². The van der Waals surface area contributed by atoms with Crippen LogP contribution in [0.25, 0.3) is 11.0 Å². The molecule has 1 aromatic heterocycles. The van der Waals surface area contributed by atoms with Crippen LogP contribution in [0.2, 0.25) is 0 Å². The van der Waals surface area contributed by atoms with Gasteiger partial charge in [-0.25, -0.2) is 17.9 Å². The van der Waals surface area contributed by atoms with Crippen molar-refractivity contribution in [3.05, 3.63) is 64.5 Å². The number of methoxy groups -OCH3 is 1. The first-order valence-electron chi connectivity index (χ1n) is 8.75. The standard InChI is InChI=1S/C20H22N2O5S/c1-13(2)22-28(24,25)17-7-4-15(5-8-17)21-12-14-10-20(23)27-19-11-16(26-3)6-9-18(14)19/h4-11,13,21-22H,12H2,1-3H3. The first kappa shape index (κ1) is 19.9. The Balaban J connectivity index is 1.80. The molecule has 0 amide bonds. The topological polar surface area (TPSA) is 97.6 Å². The predicted octanol–water partition coefficient (Wildman–Crippen LogP) is 3.10. The van der Waals surface area contributed by atoms with E-state index in [1.54, 1.807) is 45.2 Å². The Morgan fingerprint density at radius 2 is 1.79 bits per heavy atom. The van der Waals surface area contributed by atoms with Crippen molar-refractivity contribution in [3.63, 3.8) is 0 Å². The number of hydrogen-bond acceptors (Lipinski definition) is 6. The second kappa shape index (κ2) is 8.04. The Kier molecular flexibility index (Phi) is 5.71. The van der Waals surface area contributed by atoms with Crippen molar-refractivity contribution in [1.82, 2.24) is 4.72 Å². The number of hydrogen-bond donors (Lipinski definition) is 2. The van der Waals surface area contributed by atoms with E-state index < -0.39 is 15.6 Å². The third-order valence-electron chi connectivity index (χ3n) is 4.08. The Morgan fingerprint density at radius 3 is 2.43 bits per heavy atom. The smallest absolute Gasteiger partial charge is 0.336 e. The van der Waals surface area contributed by atoms with E-state index in [-0.39, 0.29) is 10.9 Å². The van der Waals surface area contributed by atoms with Crippen molar-refractivity contribution in [3.8, 4) is 5.75 Å². The number of ether oxygens (including phenoxy) is 1. The quantitative estimate of drug-likeness (QED) is 0.590. The van der Waals surface area contributed by atoms with Crippen molar-refractivity contribution in [2.45, 2.75) is 31.3 Å². The fourth-order valence-electron chi connectivity index (χ4n) is 2.81. The van der Waals surface area contributed by atoms with Gasteiger partial charge in [-0.3, -0.25) is 0 Å². The Labute approximate surface area is 163 Å². The van der Waals surface area contributed by atoms with Crippen LogP contribution in [-0.2, 0) is 16.6 Å². The lowest BCUT2D eigenvalue weighted by Gasteiger charge is -2.12. The summed E-state index contributed by atoms with van der Waals surface area (Å²) in [6.07, 6.45) is 0. The number of fused-ring (bicyclic) bond motifs is 1.